The van der Waals surface area contributed by atoms with Gasteiger partial charge in [0.1, 0.15) is 0 Å². The summed E-state index contributed by atoms with van der Waals surface area (Å²) >= 11 is 0. The number of para-hydroxylation sites is 1. The minimum atomic E-state index is -0.626. The summed E-state index contributed by atoms with van der Waals surface area (Å²) in [6.07, 6.45) is 2.26. The first-order valence-electron chi connectivity index (χ1n) is 8.99. The molecule has 4 nitrogen and oxygen atoms in total. The number of carbonyl (C=O) groups excluding carboxylic acids is 1. The van der Waals surface area contributed by atoms with Crippen LogP contribution in [0.3, 0.4) is 0 Å². The number of nitrogens with zero attached hydrogens (tertiary/aromatic N) is 1. The highest BCUT2D eigenvalue weighted by Crippen LogP contribution is 2.45. The van der Waals surface area contributed by atoms with Gasteiger partial charge in [-0.15, -0.1) is 0 Å². The number of aliphatic hydroxyl groups is 1. The lowest BCUT2D eigenvalue weighted by atomic mass is 9.91. The molecule has 2 fully saturated rings. The van der Waals surface area contributed by atoms with Gasteiger partial charge in [-0.25, -0.2) is 4.79 Å². The Morgan fingerprint density at radius 1 is 1.00 bits per heavy atom. The number of benzene rings is 2. The van der Waals surface area contributed by atoms with Crippen LogP contribution in [0.1, 0.15) is 18.4 Å². The zero-order valence-electron chi connectivity index (χ0n) is 14.3. The van der Waals surface area contributed by atoms with Gasteiger partial charge in [-0.1, -0.05) is 48.5 Å². The van der Waals surface area contributed by atoms with E-state index in [0.29, 0.717) is 18.3 Å². The van der Waals surface area contributed by atoms with Crippen LogP contribution in [0, 0.1) is 11.8 Å². The lowest BCUT2D eigenvalue weighted by Crippen LogP contribution is -2.36. The van der Waals surface area contributed by atoms with E-state index in [2.05, 4.69) is 17.4 Å². The third-order valence-corrected chi connectivity index (χ3v) is 5.55. The van der Waals surface area contributed by atoms with E-state index < -0.39 is 5.60 Å². The first-order valence-corrected chi connectivity index (χ1v) is 8.99. The van der Waals surface area contributed by atoms with Crippen molar-refractivity contribution in [1.82, 2.24) is 4.90 Å². The first-order chi connectivity index (χ1) is 12.1. The molecule has 1 saturated heterocycles. The second-order valence-corrected chi connectivity index (χ2v) is 7.52. The van der Waals surface area contributed by atoms with Gasteiger partial charge in [0.2, 0.25) is 0 Å². The fourth-order valence-electron chi connectivity index (χ4n) is 4.47. The first kappa shape index (κ1) is 16.2. The van der Waals surface area contributed by atoms with Crippen molar-refractivity contribution in [3.8, 4) is 0 Å². The fraction of sp³-hybridized carbons (Fsp3) is 0.381. The van der Waals surface area contributed by atoms with E-state index in [1.165, 1.54) is 5.56 Å². The quantitative estimate of drug-likeness (QED) is 0.901. The molecule has 2 aromatic carbocycles. The summed E-state index contributed by atoms with van der Waals surface area (Å²) in [7, 11) is 0. The topological polar surface area (TPSA) is 52.6 Å². The summed E-state index contributed by atoms with van der Waals surface area (Å²) < 4.78 is 0. The van der Waals surface area contributed by atoms with Gasteiger partial charge in [0.15, 0.2) is 0 Å². The summed E-state index contributed by atoms with van der Waals surface area (Å²) in [5.74, 6) is 0.797. The standard InChI is InChI=1S/C21H24N2O2/c24-20(22-19-9-5-2-6-10-19)23-14-17-12-21(25,13-18(17)15-23)11-16-7-3-1-4-8-16/h1-10,17-18,25H,11-15H2,(H,22,24). The van der Waals surface area contributed by atoms with Crippen LogP contribution in [0.5, 0.6) is 0 Å². The summed E-state index contributed by atoms with van der Waals surface area (Å²) in [5, 5.41) is 13.9. The molecule has 0 radical (unpaired) electrons. The number of anilines is 1. The molecule has 2 atom stereocenters. The predicted octanol–water partition coefficient (Wildman–Crippen LogP) is 3.53. The minimum absolute atomic E-state index is 0.0350. The van der Waals surface area contributed by atoms with E-state index in [-0.39, 0.29) is 6.03 Å². The highest BCUT2D eigenvalue weighted by molar-refractivity contribution is 5.89. The van der Waals surface area contributed by atoms with Gasteiger partial charge in [-0.05, 0) is 42.4 Å². The van der Waals surface area contributed by atoms with E-state index in [1.807, 2.05) is 53.4 Å². The Balaban J connectivity index is 1.35. The Morgan fingerprint density at radius 3 is 2.16 bits per heavy atom. The molecule has 2 amide bonds. The second-order valence-electron chi connectivity index (χ2n) is 7.52. The van der Waals surface area contributed by atoms with Crippen LogP contribution in [0.25, 0.3) is 0 Å². The number of carbonyl (C=O) groups is 1. The number of fused-ring (bicyclic) bond motifs is 1. The maximum absolute atomic E-state index is 12.5. The van der Waals surface area contributed by atoms with Crippen molar-refractivity contribution in [1.29, 1.82) is 0 Å². The smallest absolute Gasteiger partial charge is 0.321 e. The minimum Gasteiger partial charge on any atom is -0.390 e. The summed E-state index contributed by atoms with van der Waals surface area (Å²) in [6, 6.07) is 19.7. The predicted molar refractivity (Wildman–Crippen MR) is 98.3 cm³/mol. The fourth-order valence-corrected chi connectivity index (χ4v) is 4.47. The van der Waals surface area contributed by atoms with Gasteiger partial charge in [-0.3, -0.25) is 0 Å². The van der Waals surface area contributed by atoms with E-state index in [9.17, 15) is 9.90 Å². The summed E-state index contributed by atoms with van der Waals surface area (Å²) in [4.78, 5) is 14.3. The van der Waals surface area contributed by atoms with Crippen molar-refractivity contribution in [2.75, 3.05) is 18.4 Å². The molecule has 1 saturated carbocycles. The molecule has 2 N–H and O–H groups in total. The highest BCUT2D eigenvalue weighted by Gasteiger charge is 2.49. The van der Waals surface area contributed by atoms with Gasteiger partial charge < -0.3 is 15.3 Å². The van der Waals surface area contributed by atoms with Crippen LogP contribution < -0.4 is 5.32 Å². The number of rotatable bonds is 3. The van der Waals surface area contributed by atoms with Crippen molar-refractivity contribution in [3.05, 3.63) is 66.2 Å². The molecule has 130 valence electrons. The molecule has 4 rings (SSSR count). The average molecular weight is 336 g/mol. The molecule has 0 bridgehead atoms. The van der Waals surface area contributed by atoms with E-state index >= 15 is 0 Å². The van der Waals surface area contributed by atoms with Gasteiger partial charge in [0, 0.05) is 25.2 Å². The number of amides is 2. The monoisotopic (exact) mass is 336 g/mol. The molecule has 2 aliphatic rings. The van der Waals surface area contributed by atoms with Crippen LogP contribution in [0.15, 0.2) is 60.7 Å². The number of nitrogens with one attached hydrogen (secondary N) is 1. The van der Waals surface area contributed by atoms with Gasteiger partial charge in [-0.2, -0.15) is 0 Å². The van der Waals surface area contributed by atoms with Crippen LogP contribution >= 0.6 is 0 Å². The summed E-state index contributed by atoms with van der Waals surface area (Å²) in [5.41, 5.74) is 1.38. The van der Waals surface area contributed by atoms with E-state index in [1.54, 1.807) is 0 Å². The Bertz CT molecular complexity index is 718. The van der Waals surface area contributed by atoms with Crippen molar-refractivity contribution in [2.45, 2.75) is 24.9 Å². The van der Waals surface area contributed by atoms with Crippen molar-refractivity contribution < 1.29 is 9.90 Å². The Labute approximate surface area is 148 Å². The number of hydrogen-bond donors (Lipinski definition) is 2. The highest BCUT2D eigenvalue weighted by atomic mass is 16.3. The van der Waals surface area contributed by atoms with Crippen molar-refractivity contribution in [3.63, 3.8) is 0 Å². The molecule has 1 aliphatic carbocycles. The Morgan fingerprint density at radius 2 is 1.56 bits per heavy atom. The third-order valence-electron chi connectivity index (χ3n) is 5.55. The lowest BCUT2D eigenvalue weighted by molar-refractivity contribution is 0.0369. The molecule has 2 aromatic rings. The van der Waals surface area contributed by atoms with E-state index in [4.69, 9.17) is 0 Å². The second kappa shape index (κ2) is 6.52. The zero-order chi connectivity index (χ0) is 17.3. The third kappa shape index (κ3) is 3.54. The van der Waals surface area contributed by atoms with Crippen molar-refractivity contribution in [2.24, 2.45) is 11.8 Å². The van der Waals surface area contributed by atoms with Gasteiger partial charge in [0.05, 0.1) is 5.60 Å². The molecular weight excluding hydrogens is 312 g/mol. The SMILES string of the molecule is O=C(Nc1ccccc1)N1CC2CC(O)(Cc3ccccc3)CC2C1. The molecule has 4 heteroatoms. The Kier molecular flexibility index (Phi) is 4.22. The van der Waals surface area contributed by atoms with Gasteiger partial charge >= 0.3 is 6.03 Å². The molecular formula is C21H24N2O2. The number of urea groups is 1. The lowest BCUT2D eigenvalue weighted by Gasteiger charge is -2.26. The van der Waals surface area contributed by atoms with Crippen LogP contribution in [-0.4, -0.2) is 34.7 Å². The maximum Gasteiger partial charge on any atom is 0.321 e. The number of hydrogen-bond acceptors (Lipinski definition) is 2. The van der Waals surface area contributed by atoms with Crippen LogP contribution in [0.4, 0.5) is 10.5 Å². The van der Waals surface area contributed by atoms with Crippen LogP contribution in [-0.2, 0) is 6.42 Å². The molecule has 1 heterocycles. The molecule has 0 spiro atoms. The van der Waals surface area contributed by atoms with Crippen molar-refractivity contribution >= 4 is 11.7 Å². The van der Waals surface area contributed by atoms with Crippen LogP contribution in [0.2, 0.25) is 0 Å². The number of likely N-dealkylation sites (tertiary alicyclic amines) is 1. The molecule has 2 unspecified atom stereocenters. The zero-order valence-corrected chi connectivity index (χ0v) is 14.3. The summed E-state index contributed by atoms with van der Waals surface area (Å²) in [6.45, 7) is 1.47. The Hall–Kier alpha value is -2.33. The normalized spacial score (nSPS) is 28.0. The molecule has 1 aliphatic heterocycles. The van der Waals surface area contributed by atoms with Gasteiger partial charge in [0.25, 0.3) is 0 Å². The average Bonchev–Trinajstić information content (AvgIpc) is 3.11. The largest absolute Gasteiger partial charge is 0.390 e. The maximum atomic E-state index is 12.5. The van der Waals surface area contributed by atoms with E-state index in [0.717, 1.165) is 31.6 Å². The molecule has 0 aromatic heterocycles. The molecule has 25 heavy (non-hydrogen) atoms.